The molecule has 2 saturated carbocycles. The molecule has 0 aromatic heterocycles. The fourth-order valence-electron chi connectivity index (χ4n) is 5.83. The molecule has 0 heterocycles. The molecule has 23 heavy (non-hydrogen) atoms. The summed E-state index contributed by atoms with van der Waals surface area (Å²) in [4.78, 5) is 0. The molecular weight excluding hydrogens is 288 g/mol. The maximum Gasteiger partial charge on any atom is 0.0910 e. The Kier molecular flexibility index (Phi) is 4.80. The molecule has 0 bridgehead atoms. The molecule has 134 valence electrons. The maximum atomic E-state index is 11.2. The van der Waals surface area contributed by atoms with Crippen LogP contribution in [-0.2, 0) is 0 Å². The van der Waals surface area contributed by atoms with Gasteiger partial charge >= 0.3 is 0 Å². The normalized spacial score (nSPS) is 42.7. The summed E-state index contributed by atoms with van der Waals surface area (Å²) in [7, 11) is 0. The fourth-order valence-corrected chi connectivity index (χ4v) is 5.83. The van der Waals surface area contributed by atoms with Crippen LogP contribution in [0.25, 0.3) is 0 Å². The van der Waals surface area contributed by atoms with Gasteiger partial charge in [0, 0.05) is 0 Å². The molecule has 0 amide bonds. The summed E-state index contributed by atoms with van der Waals surface area (Å²) >= 11 is 0. The average Bonchev–Trinajstić information content (AvgIpc) is 2.43. The average molecular weight is 327 g/mol. The quantitative estimate of drug-likeness (QED) is 0.676. The molecule has 3 heteroatoms. The lowest BCUT2D eigenvalue weighted by atomic mass is 9.45. The van der Waals surface area contributed by atoms with Crippen LogP contribution in [0.3, 0.4) is 0 Å². The van der Waals surface area contributed by atoms with Gasteiger partial charge in [-0.2, -0.15) is 0 Å². The van der Waals surface area contributed by atoms with Crippen molar-refractivity contribution in [3.8, 4) is 0 Å². The van der Waals surface area contributed by atoms with Crippen LogP contribution in [0.1, 0.15) is 75.4 Å². The Labute approximate surface area is 144 Å². The molecule has 0 aromatic carbocycles. The van der Waals surface area contributed by atoms with E-state index in [4.69, 9.17) is 2.74 Å². The molecule has 0 aliphatic heterocycles. The smallest absolute Gasteiger partial charge is 0.0910 e. The number of hydrogen-bond acceptors (Lipinski definition) is 3. The van der Waals surface area contributed by atoms with Crippen molar-refractivity contribution in [3.05, 3.63) is 11.6 Å². The molecular formula is C20H36O3. The summed E-state index contributed by atoms with van der Waals surface area (Å²) in [6, 6.07) is 0. The van der Waals surface area contributed by atoms with Gasteiger partial charge in [0.15, 0.2) is 0 Å². The second-order valence-corrected chi connectivity index (χ2v) is 8.91. The largest absolute Gasteiger partial charge is 0.393 e. The van der Waals surface area contributed by atoms with Gasteiger partial charge < -0.3 is 15.3 Å². The third kappa shape index (κ3) is 3.52. The molecule has 2 fully saturated rings. The first kappa shape index (κ1) is 16.1. The standard InChI is InChI=1S/C20H36O3/c1-15(9-13-21)6-7-17-19(4)11-5-10-18(2,3)16(19)8-12-20(17,23)14-22/h9,16-17,21-23H,5-8,10-14H2,1-4H3/b15-9+/t16?,17-,19+,20?/m1/s1/i13D2. The summed E-state index contributed by atoms with van der Waals surface area (Å²) in [5.74, 6) is 0.510. The van der Waals surface area contributed by atoms with Gasteiger partial charge in [-0.1, -0.05) is 38.8 Å². The van der Waals surface area contributed by atoms with E-state index in [1.165, 1.54) is 12.5 Å². The van der Waals surface area contributed by atoms with Gasteiger partial charge in [-0.15, -0.1) is 0 Å². The molecule has 2 aliphatic carbocycles. The minimum Gasteiger partial charge on any atom is -0.393 e. The van der Waals surface area contributed by atoms with Gasteiger partial charge in [-0.05, 0) is 68.1 Å². The SMILES string of the molecule is [2H]C([2H])(O)/C=C(\C)CC[C@H]1C(O)(CO)CCC2C(C)(C)CCC[C@@]21C. The monoisotopic (exact) mass is 326 g/mol. The van der Waals surface area contributed by atoms with E-state index in [1.807, 2.05) is 6.92 Å². The molecule has 3 nitrogen and oxygen atoms in total. The third-order valence-corrected chi connectivity index (χ3v) is 7.00. The highest BCUT2D eigenvalue weighted by Crippen LogP contribution is 2.62. The predicted octanol–water partition coefficient (Wildman–Crippen LogP) is 3.67. The third-order valence-electron chi connectivity index (χ3n) is 7.00. The van der Waals surface area contributed by atoms with Crippen LogP contribution in [0.4, 0.5) is 0 Å². The van der Waals surface area contributed by atoms with Crippen LogP contribution in [0, 0.1) is 22.7 Å². The topological polar surface area (TPSA) is 60.7 Å². The van der Waals surface area contributed by atoms with Crippen molar-refractivity contribution in [2.24, 2.45) is 22.7 Å². The van der Waals surface area contributed by atoms with Crippen molar-refractivity contribution < 1.29 is 18.1 Å². The first-order valence-electron chi connectivity index (χ1n) is 10.1. The van der Waals surface area contributed by atoms with Gasteiger partial charge in [0.25, 0.3) is 0 Å². The Morgan fingerprint density at radius 1 is 1.22 bits per heavy atom. The Hall–Kier alpha value is -0.380. The Morgan fingerprint density at radius 3 is 2.52 bits per heavy atom. The zero-order chi connectivity index (χ0) is 19.1. The van der Waals surface area contributed by atoms with Gasteiger partial charge in [0.2, 0.25) is 0 Å². The van der Waals surface area contributed by atoms with Gasteiger partial charge in [0.05, 0.1) is 21.5 Å². The Balaban J connectivity index is 2.27. The van der Waals surface area contributed by atoms with Crippen LogP contribution < -0.4 is 0 Å². The molecule has 2 unspecified atom stereocenters. The summed E-state index contributed by atoms with van der Waals surface area (Å²) in [5.41, 5.74) is -0.0449. The number of aliphatic hydroxyl groups is 3. The molecule has 0 spiro atoms. The van der Waals surface area contributed by atoms with Crippen LogP contribution in [0.5, 0.6) is 0 Å². The lowest BCUT2D eigenvalue weighted by molar-refractivity contribution is -0.190. The first-order valence-corrected chi connectivity index (χ1v) is 9.08. The van der Waals surface area contributed by atoms with Crippen LogP contribution in [0.15, 0.2) is 11.6 Å². The maximum absolute atomic E-state index is 11.2. The van der Waals surface area contributed by atoms with E-state index >= 15 is 0 Å². The van der Waals surface area contributed by atoms with Gasteiger partial charge in [-0.25, -0.2) is 0 Å². The van der Waals surface area contributed by atoms with Crippen molar-refractivity contribution in [1.29, 1.82) is 0 Å². The highest BCUT2D eigenvalue weighted by atomic mass is 16.3. The number of allylic oxidation sites excluding steroid dienone is 1. The zero-order valence-electron chi connectivity index (χ0n) is 17.2. The highest BCUT2D eigenvalue weighted by molar-refractivity contribution is 5.10. The lowest BCUT2D eigenvalue weighted by Crippen LogP contribution is -2.59. The summed E-state index contributed by atoms with van der Waals surface area (Å²) in [6.45, 7) is 6.25. The summed E-state index contributed by atoms with van der Waals surface area (Å²) in [5, 5.41) is 30.5. The minimum atomic E-state index is -2.30. The Bertz CT molecular complexity index is 512. The van der Waals surface area contributed by atoms with Gasteiger partial charge in [-0.3, -0.25) is 0 Å². The van der Waals surface area contributed by atoms with Crippen molar-refractivity contribution in [3.63, 3.8) is 0 Å². The van der Waals surface area contributed by atoms with Crippen LogP contribution in [0.2, 0.25) is 0 Å². The highest BCUT2D eigenvalue weighted by Gasteiger charge is 2.58. The predicted molar refractivity (Wildman–Crippen MR) is 94.1 cm³/mol. The van der Waals surface area contributed by atoms with E-state index in [1.54, 1.807) is 0 Å². The Morgan fingerprint density at radius 2 is 1.91 bits per heavy atom. The molecule has 2 rings (SSSR count). The van der Waals surface area contributed by atoms with E-state index in [0.29, 0.717) is 25.2 Å². The van der Waals surface area contributed by atoms with Crippen LogP contribution >= 0.6 is 0 Å². The second-order valence-electron chi connectivity index (χ2n) is 8.91. The van der Waals surface area contributed by atoms with Crippen LogP contribution in [-0.4, -0.2) is 34.1 Å². The van der Waals surface area contributed by atoms with Crippen molar-refractivity contribution >= 4 is 0 Å². The van der Waals surface area contributed by atoms with E-state index in [9.17, 15) is 15.3 Å². The van der Waals surface area contributed by atoms with E-state index in [0.717, 1.165) is 24.8 Å². The van der Waals surface area contributed by atoms with E-state index in [2.05, 4.69) is 20.8 Å². The number of hydrogen-bond donors (Lipinski definition) is 3. The molecule has 4 atom stereocenters. The van der Waals surface area contributed by atoms with Crippen molar-refractivity contribution in [2.75, 3.05) is 13.2 Å². The fraction of sp³-hybridized carbons (Fsp3) is 0.900. The van der Waals surface area contributed by atoms with E-state index < -0.39 is 12.2 Å². The minimum absolute atomic E-state index is 0.0174. The molecule has 2 aliphatic rings. The number of aliphatic hydroxyl groups excluding tert-OH is 1. The van der Waals surface area contributed by atoms with Gasteiger partial charge in [0.1, 0.15) is 0 Å². The number of fused-ring (bicyclic) bond motifs is 1. The molecule has 0 aromatic rings. The summed E-state index contributed by atoms with van der Waals surface area (Å²) < 4.78 is 14.6. The lowest BCUT2D eigenvalue weighted by Gasteiger charge is -2.61. The first-order chi connectivity index (χ1) is 11.3. The second kappa shape index (κ2) is 6.85. The van der Waals surface area contributed by atoms with E-state index in [-0.39, 0.29) is 23.4 Å². The van der Waals surface area contributed by atoms with Crippen molar-refractivity contribution in [1.82, 2.24) is 0 Å². The summed E-state index contributed by atoms with van der Waals surface area (Å²) in [6.07, 6.45) is 7.57. The number of rotatable bonds is 5. The zero-order valence-corrected chi connectivity index (χ0v) is 15.2. The molecule has 3 N–H and O–H groups in total. The molecule has 0 radical (unpaired) electrons. The molecule has 0 saturated heterocycles. The van der Waals surface area contributed by atoms with Crippen molar-refractivity contribution in [2.45, 2.75) is 78.2 Å².